The maximum Gasteiger partial charge on any atom is 0.227 e. The summed E-state index contributed by atoms with van der Waals surface area (Å²) in [6, 6.07) is 0. The Bertz CT molecular complexity index is 342. The molecule has 2 N–H and O–H groups in total. The van der Waals surface area contributed by atoms with E-state index in [4.69, 9.17) is 15.0 Å². The van der Waals surface area contributed by atoms with Gasteiger partial charge in [-0.2, -0.15) is 4.98 Å². The zero-order valence-corrected chi connectivity index (χ0v) is 10.4. The molecule has 96 valence electrons. The van der Waals surface area contributed by atoms with Gasteiger partial charge in [-0.1, -0.05) is 18.5 Å². The van der Waals surface area contributed by atoms with E-state index in [-0.39, 0.29) is 5.41 Å². The predicted molar refractivity (Wildman–Crippen MR) is 63.3 cm³/mol. The van der Waals surface area contributed by atoms with E-state index < -0.39 is 0 Å². The molecule has 2 rings (SSSR count). The predicted octanol–water partition coefficient (Wildman–Crippen LogP) is 1.67. The average molecular weight is 239 g/mol. The summed E-state index contributed by atoms with van der Waals surface area (Å²) in [6.07, 6.45) is 5.42. The van der Waals surface area contributed by atoms with Gasteiger partial charge in [-0.05, 0) is 31.2 Å². The van der Waals surface area contributed by atoms with Crippen LogP contribution in [-0.4, -0.2) is 23.3 Å². The van der Waals surface area contributed by atoms with Crippen LogP contribution in [0.15, 0.2) is 4.52 Å². The zero-order valence-electron chi connectivity index (χ0n) is 10.4. The number of ether oxygens (including phenoxy) is 1. The van der Waals surface area contributed by atoms with Crippen LogP contribution >= 0.6 is 0 Å². The van der Waals surface area contributed by atoms with Crippen molar-refractivity contribution in [2.45, 2.75) is 45.6 Å². The van der Waals surface area contributed by atoms with E-state index in [1.165, 1.54) is 19.3 Å². The molecule has 0 amide bonds. The molecule has 1 aromatic heterocycles. The van der Waals surface area contributed by atoms with Crippen molar-refractivity contribution in [3.8, 4) is 0 Å². The summed E-state index contributed by atoms with van der Waals surface area (Å²) in [5, 5.41) is 3.91. The highest BCUT2D eigenvalue weighted by atomic mass is 16.5. The Kier molecular flexibility index (Phi) is 4.12. The lowest BCUT2D eigenvalue weighted by molar-refractivity contribution is 0.114. The van der Waals surface area contributed by atoms with Crippen LogP contribution in [0.25, 0.3) is 0 Å². The van der Waals surface area contributed by atoms with Crippen LogP contribution in [0.2, 0.25) is 0 Å². The number of nitrogens with two attached hydrogens (primary N) is 1. The third-order valence-corrected chi connectivity index (χ3v) is 3.46. The van der Waals surface area contributed by atoms with Gasteiger partial charge in [-0.3, -0.25) is 0 Å². The van der Waals surface area contributed by atoms with Gasteiger partial charge in [0.25, 0.3) is 0 Å². The van der Waals surface area contributed by atoms with Gasteiger partial charge < -0.3 is 15.0 Å². The number of nitrogens with zero attached hydrogens (tertiary/aromatic N) is 2. The van der Waals surface area contributed by atoms with Crippen LogP contribution in [0.3, 0.4) is 0 Å². The van der Waals surface area contributed by atoms with Crippen molar-refractivity contribution < 1.29 is 9.26 Å². The van der Waals surface area contributed by atoms with E-state index in [1.54, 1.807) is 0 Å². The van der Waals surface area contributed by atoms with E-state index in [1.807, 2.05) is 0 Å². The molecular weight excluding hydrogens is 218 g/mol. The van der Waals surface area contributed by atoms with E-state index in [0.717, 1.165) is 19.4 Å². The third-order valence-electron chi connectivity index (χ3n) is 3.46. The fourth-order valence-electron chi connectivity index (χ4n) is 2.18. The minimum absolute atomic E-state index is 0.216. The first-order valence-corrected chi connectivity index (χ1v) is 6.37. The molecule has 17 heavy (non-hydrogen) atoms. The van der Waals surface area contributed by atoms with E-state index in [0.29, 0.717) is 24.9 Å². The van der Waals surface area contributed by atoms with Crippen LogP contribution in [-0.2, 0) is 17.8 Å². The van der Waals surface area contributed by atoms with Crippen LogP contribution < -0.4 is 5.73 Å². The maximum atomic E-state index is 5.81. The lowest BCUT2D eigenvalue weighted by Crippen LogP contribution is -2.39. The summed E-state index contributed by atoms with van der Waals surface area (Å²) in [7, 11) is 0. The summed E-state index contributed by atoms with van der Waals surface area (Å²) in [6.45, 7) is 3.95. The number of aromatic nitrogens is 2. The lowest BCUT2D eigenvalue weighted by Gasteiger charge is -2.39. The molecule has 0 spiro atoms. The van der Waals surface area contributed by atoms with Crippen molar-refractivity contribution in [3.05, 3.63) is 11.7 Å². The number of hydrogen-bond donors (Lipinski definition) is 1. The maximum absolute atomic E-state index is 5.81. The molecule has 0 atom stereocenters. The second kappa shape index (κ2) is 5.60. The Labute approximate surface area is 102 Å². The highest BCUT2D eigenvalue weighted by Crippen LogP contribution is 2.42. The molecular formula is C12H21N3O2. The Balaban J connectivity index is 1.85. The summed E-state index contributed by atoms with van der Waals surface area (Å²) < 4.78 is 10.6. The Morgan fingerprint density at radius 3 is 2.88 bits per heavy atom. The van der Waals surface area contributed by atoms with E-state index in [2.05, 4.69) is 17.1 Å². The van der Waals surface area contributed by atoms with Crippen molar-refractivity contribution >= 4 is 0 Å². The lowest BCUT2D eigenvalue weighted by atomic mass is 9.67. The highest BCUT2D eigenvalue weighted by molar-refractivity contribution is 4.97. The Morgan fingerprint density at radius 2 is 2.29 bits per heavy atom. The molecule has 5 heteroatoms. The van der Waals surface area contributed by atoms with Gasteiger partial charge in [-0.15, -0.1) is 0 Å². The molecule has 0 radical (unpaired) electrons. The summed E-state index contributed by atoms with van der Waals surface area (Å²) in [5.74, 6) is 1.34. The molecule has 0 aromatic carbocycles. The summed E-state index contributed by atoms with van der Waals surface area (Å²) >= 11 is 0. The first-order chi connectivity index (χ1) is 8.28. The van der Waals surface area contributed by atoms with Gasteiger partial charge in [0, 0.05) is 13.0 Å². The number of rotatable bonds is 7. The second-order valence-corrected chi connectivity index (χ2v) is 4.89. The van der Waals surface area contributed by atoms with Gasteiger partial charge in [0.2, 0.25) is 5.89 Å². The van der Waals surface area contributed by atoms with Crippen LogP contribution in [0.1, 0.15) is 44.3 Å². The van der Waals surface area contributed by atoms with Gasteiger partial charge in [0.05, 0.1) is 0 Å². The topological polar surface area (TPSA) is 74.2 Å². The van der Waals surface area contributed by atoms with Crippen LogP contribution in [0, 0.1) is 5.41 Å². The van der Waals surface area contributed by atoms with Gasteiger partial charge in [-0.25, -0.2) is 0 Å². The standard InChI is InChI=1S/C12H21N3O2/c1-2-6-16-8-10-14-11(17-15-10)7-12(9-13)4-3-5-12/h2-9,13H2,1H3. The van der Waals surface area contributed by atoms with Crippen molar-refractivity contribution in [3.63, 3.8) is 0 Å². The largest absolute Gasteiger partial charge is 0.373 e. The van der Waals surface area contributed by atoms with Crippen molar-refractivity contribution in [2.24, 2.45) is 11.1 Å². The van der Waals surface area contributed by atoms with Crippen LogP contribution in [0.4, 0.5) is 0 Å². The molecule has 1 aromatic rings. The highest BCUT2D eigenvalue weighted by Gasteiger charge is 2.37. The smallest absolute Gasteiger partial charge is 0.227 e. The fourth-order valence-corrected chi connectivity index (χ4v) is 2.18. The quantitative estimate of drug-likeness (QED) is 0.732. The fraction of sp³-hybridized carbons (Fsp3) is 0.833. The zero-order chi connectivity index (χ0) is 12.1. The van der Waals surface area contributed by atoms with E-state index >= 15 is 0 Å². The Morgan fingerprint density at radius 1 is 1.47 bits per heavy atom. The molecule has 1 fully saturated rings. The first kappa shape index (κ1) is 12.5. The summed E-state index contributed by atoms with van der Waals surface area (Å²) in [4.78, 5) is 4.34. The minimum Gasteiger partial charge on any atom is -0.373 e. The van der Waals surface area contributed by atoms with Crippen molar-refractivity contribution in [1.29, 1.82) is 0 Å². The molecule has 1 aliphatic carbocycles. The van der Waals surface area contributed by atoms with Crippen LogP contribution in [0.5, 0.6) is 0 Å². The van der Waals surface area contributed by atoms with Gasteiger partial charge >= 0.3 is 0 Å². The second-order valence-electron chi connectivity index (χ2n) is 4.89. The summed E-state index contributed by atoms with van der Waals surface area (Å²) in [5.41, 5.74) is 6.02. The Hall–Kier alpha value is -0.940. The average Bonchev–Trinajstić information content (AvgIpc) is 2.72. The number of hydrogen-bond acceptors (Lipinski definition) is 5. The van der Waals surface area contributed by atoms with Crippen molar-refractivity contribution in [1.82, 2.24) is 10.1 Å². The molecule has 1 saturated carbocycles. The van der Waals surface area contributed by atoms with Crippen molar-refractivity contribution in [2.75, 3.05) is 13.2 Å². The monoisotopic (exact) mass is 239 g/mol. The SMILES string of the molecule is CCCOCc1noc(CC2(CN)CCC2)n1. The molecule has 1 aliphatic rings. The normalized spacial score (nSPS) is 18.0. The molecule has 1 heterocycles. The van der Waals surface area contributed by atoms with Gasteiger partial charge in [0.1, 0.15) is 6.61 Å². The molecule has 0 aliphatic heterocycles. The molecule has 0 unspecified atom stereocenters. The molecule has 5 nitrogen and oxygen atoms in total. The molecule has 0 saturated heterocycles. The minimum atomic E-state index is 0.216. The van der Waals surface area contributed by atoms with E-state index in [9.17, 15) is 0 Å². The third kappa shape index (κ3) is 3.04. The van der Waals surface area contributed by atoms with Gasteiger partial charge in [0.15, 0.2) is 5.82 Å². The first-order valence-electron chi connectivity index (χ1n) is 6.37. The molecule has 0 bridgehead atoms.